The van der Waals surface area contributed by atoms with Crippen LogP contribution < -0.4 is 5.73 Å². The molecule has 14 heavy (non-hydrogen) atoms. The predicted octanol–water partition coefficient (Wildman–Crippen LogP) is 2.09. The highest BCUT2D eigenvalue weighted by atomic mass is 15.1. The van der Waals surface area contributed by atoms with Gasteiger partial charge in [-0.15, -0.1) is 0 Å². The van der Waals surface area contributed by atoms with E-state index < -0.39 is 0 Å². The van der Waals surface area contributed by atoms with Crippen LogP contribution in [-0.2, 0) is 0 Å². The molecule has 1 heterocycles. The van der Waals surface area contributed by atoms with E-state index in [1.165, 1.54) is 38.8 Å². The van der Waals surface area contributed by atoms with Gasteiger partial charge in [-0.3, -0.25) is 0 Å². The second-order valence-electron chi connectivity index (χ2n) is 5.03. The molecule has 0 bridgehead atoms. The summed E-state index contributed by atoms with van der Waals surface area (Å²) in [5, 5.41) is 0. The highest BCUT2D eigenvalue weighted by Crippen LogP contribution is 2.39. The van der Waals surface area contributed by atoms with E-state index >= 15 is 0 Å². The molecule has 0 aromatic carbocycles. The second kappa shape index (κ2) is 5.13. The Morgan fingerprint density at radius 1 is 1.36 bits per heavy atom. The highest BCUT2D eigenvalue weighted by Gasteiger charge is 2.34. The fraction of sp³-hybridized carbons (Fsp3) is 1.00. The van der Waals surface area contributed by atoms with Gasteiger partial charge in [0.1, 0.15) is 0 Å². The van der Waals surface area contributed by atoms with Crippen molar-refractivity contribution in [3.8, 4) is 0 Å². The first-order chi connectivity index (χ1) is 6.64. The molecule has 0 saturated carbocycles. The average Bonchev–Trinajstić information content (AvgIpc) is 2.40. The largest absolute Gasteiger partial charge is 0.330 e. The summed E-state index contributed by atoms with van der Waals surface area (Å²) in [5.74, 6) is 0.777. The van der Waals surface area contributed by atoms with Crippen molar-refractivity contribution in [1.29, 1.82) is 0 Å². The summed E-state index contributed by atoms with van der Waals surface area (Å²) >= 11 is 0. The third-order valence-corrected chi connectivity index (χ3v) is 4.27. The molecule has 0 aromatic rings. The highest BCUT2D eigenvalue weighted by molar-refractivity contribution is 4.87. The number of hydrogen-bond donors (Lipinski definition) is 1. The maximum absolute atomic E-state index is 6.01. The monoisotopic (exact) mass is 198 g/mol. The Morgan fingerprint density at radius 3 is 2.64 bits per heavy atom. The van der Waals surface area contributed by atoms with Gasteiger partial charge < -0.3 is 10.6 Å². The molecule has 0 aromatic heterocycles. The molecular weight excluding hydrogens is 172 g/mol. The summed E-state index contributed by atoms with van der Waals surface area (Å²) in [5.41, 5.74) is 6.44. The van der Waals surface area contributed by atoms with E-state index in [-0.39, 0.29) is 0 Å². The molecule has 0 aliphatic carbocycles. The van der Waals surface area contributed by atoms with Crippen LogP contribution in [0, 0.1) is 11.3 Å². The summed E-state index contributed by atoms with van der Waals surface area (Å²) < 4.78 is 0. The molecule has 1 aliphatic heterocycles. The van der Waals surface area contributed by atoms with Crippen LogP contribution in [0.3, 0.4) is 0 Å². The van der Waals surface area contributed by atoms with Gasteiger partial charge in [0.25, 0.3) is 0 Å². The maximum Gasteiger partial charge on any atom is -0.00159 e. The molecule has 1 aliphatic rings. The van der Waals surface area contributed by atoms with E-state index in [0.717, 1.165) is 12.5 Å². The van der Waals surface area contributed by atoms with E-state index in [0.29, 0.717) is 5.41 Å². The molecule has 1 saturated heterocycles. The van der Waals surface area contributed by atoms with Crippen molar-refractivity contribution in [2.75, 3.05) is 26.7 Å². The molecule has 0 radical (unpaired) electrons. The third kappa shape index (κ3) is 2.48. The molecule has 1 rings (SSSR count). The van der Waals surface area contributed by atoms with Gasteiger partial charge in [-0.1, -0.05) is 20.3 Å². The van der Waals surface area contributed by atoms with Crippen LogP contribution in [0.25, 0.3) is 0 Å². The first kappa shape index (κ1) is 12.0. The van der Waals surface area contributed by atoms with Gasteiger partial charge in [0.15, 0.2) is 0 Å². The van der Waals surface area contributed by atoms with Crippen LogP contribution in [0.4, 0.5) is 0 Å². The van der Waals surface area contributed by atoms with E-state index in [9.17, 15) is 0 Å². The lowest BCUT2D eigenvalue weighted by Crippen LogP contribution is -2.37. The van der Waals surface area contributed by atoms with Crippen molar-refractivity contribution < 1.29 is 0 Å². The summed E-state index contributed by atoms with van der Waals surface area (Å²) in [7, 11) is 2.23. The Kier molecular flexibility index (Phi) is 4.39. The van der Waals surface area contributed by atoms with Crippen molar-refractivity contribution in [3.63, 3.8) is 0 Å². The number of rotatable bonds is 3. The van der Waals surface area contributed by atoms with Crippen molar-refractivity contribution in [2.45, 2.75) is 39.5 Å². The van der Waals surface area contributed by atoms with Gasteiger partial charge in [-0.25, -0.2) is 0 Å². The number of hydrogen-bond acceptors (Lipinski definition) is 2. The Hall–Kier alpha value is -0.0800. The quantitative estimate of drug-likeness (QED) is 0.752. The molecule has 2 atom stereocenters. The maximum atomic E-state index is 6.01. The van der Waals surface area contributed by atoms with E-state index in [4.69, 9.17) is 5.73 Å². The topological polar surface area (TPSA) is 29.3 Å². The van der Waals surface area contributed by atoms with Crippen molar-refractivity contribution in [2.24, 2.45) is 17.1 Å². The van der Waals surface area contributed by atoms with E-state index in [1.54, 1.807) is 0 Å². The second-order valence-corrected chi connectivity index (χ2v) is 5.03. The molecule has 1 fully saturated rings. The SMILES string of the molecule is CCC(C)C1(CN)CCCN(C)CC1. The van der Waals surface area contributed by atoms with Crippen LogP contribution in [0.2, 0.25) is 0 Å². The minimum atomic E-state index is 0.430. The minimum absolute atomic E-state index is 0.430. The van der Waals surface area contributed by atoms with Crippen LogP contribution in [0.15, 0.2) is 0 Å². The normalized spacial score (nSPS) is 32.6. The lowest BCUT2D eigenvalue weighted by atomic mass is 9.70. The summed E-state index contributed by atoms with van der Waals surface area (Å²) in [6, 6.07) is 0. The number of nitrogens with two attached hydrogens (primary N) is 1. The molecule has 2 N–H and O–H groups in total. The Labute approximate surface area is 88.8 Å². The zero-order valence-electron chi connectivity index (χ0n) is 10.1. The minimum Gasteiger partial charge on any atom is -0.330 e. The average molecular weight is 198 g/mol. The van der Waals surface area contributed by atoms with Crippen LogP contribution >= 0.6 is 0 Å². The molecule has 84 valence electrons. The number of likely N-dealkylation sites (tertiary alicyclic amines) is 1. The van der Waals surface area contributed by atoms with Gasteiger partial charge >= 0.3 is 0 Å². The van der Waals surface area contributed by atoms with Crippen molar-refractivity contribution >= 4 is 0 Å². The lowest BCUT2D eigenvalue weighted by Gasteiger charge is -2.37. The molecule has 0 amide bonds. The molecule has 2 nitrogen and oxygen atoms in total. The Balaban J connectivity index is 2.67. The Morgan fingerprint density at radius 2 is 2.07 bits per heavy atom. The van der Waals surface area contributed by atoms with Crippen molar-refractivity contribution in [1.82, 2.24) is 4.90 Å². The predicted molar refractivity (Wildman–Crippen MR) is 62.3 cm³/mol. The summed E-state index contributed by atoms with van der Waals surface area (Å²) in [6.45, 7) is 8.00. The fourth-order valence-corrected chi connectivity index (χ4v) is 2.68. The van der Waals surface area contributed by atoms with Gasteiger partial charge in [0, 0.05) is 0 Å². The lowest BCUT2D eigenvalue weighted by molar-refractivity contribution is 0.150. The van der Waals surface area contributed by atoms with Crippen LogP contribution in [0.5, 0.6) is 0 Å². The number of nitrogens with zero attached hydrogens (tertiary/aromatic N) is 1. The van der Waals surface area contributed by atoms with E-state index in [1.807, 2.05) is 0 Å². The first-order valence-electron chi connectivity index (χ1n) is 6.03. The molecular formula is C12H26N2. The third-order valence-electron chi connectivity index (χ3n) is 4.27. The van der Waals surface area contributed by atoms with Crippen LogP contribution in [-0.4, -0.2) is 31.6 Å². The van der Waals surface area contributed by atoms with Gasteiger partial charge in [-0.05, 0) is 57.3 Å². The summed E-state index contributed by atoms with van der Waals surface area (Å²) in [6.07, 6.45) is 5.19. The van der Waals surface area contributed by atoms with Crippen molar-refractivity contribution in [3.05, 3.63) is 0 Å². The smallest absolute Gasteiger partial charge is 0.00159 e. The van der Waals surface area contributed by atoms with Gasteiger partial charge in [0.05, 0.1) is 0 Å². The van der Waals surface area contributed by atoms with E-state index in [2.05, 4.69) is 25.8 Å². The molecule has 2 heteroatoms. The molecule has 0 spiro atoms. The van der Waals surface area contributed by atoms with Crippen LogP contribution in [0.1, 0.15) is 39.5 Å². The zero-order chi connectivity index (χ0) is 10.6. The van der Waals surface area contributed by atoms with Gasteiger partial charge in [-0.2, -0.15) is 0 Å². The zero-order valence-corrected chi connectivity index (χ0v) is 10.1. The first-order valence-corrected chi connectivity index (χ1v) is 6.03. The Bertz CT molecular complexity index is 170. The molecule has 2 unspecified atom stereocenters. The summed E-state index contributed by atoms with van der Waals surface area (Å²) in [4.78, 5) is 2.44. The van der Waals surface area contributed by atoms with Gasteiger partial charge in [0.2, 0.25) is 0 Å². The fourth-order valence-electron chi connectivity index (χ4n) is 2.68. The standard InChI is InChI=1S/C12H26N2/c1-4-11(2)12(10-13)6-5-8-14(3)9-7-12/h11H,4-10,13H2,1-3H3.